The molecule has 9 nitrogen and oxygen atoms in total. The zero-order chi connectivity index (χ0) is 30.0. The molecule has 12 heteroatoms. The zero-order valence-corrected chi connectivity index (χ0v) is 23.5. The lowest BCUT2D eigenvalue weighted by Gasteiger charge is -2.35. The van der Waals surface area contributed by atoms with Gasteiger partial charge in [-0.25, -0.2) is 18.0 Å². The number of amides is 2. The third kappa shape index (κ3) is 6.02. The number of rotatable bonds is 7. The van der Waals surface area contributed by atoms with Crippen LogP contribution in [0.4, 0.5) is 29.5 Å². The minimum atomic E-state index is -0.742. The molecule has 2 amide bonds. The molecule has 2 N–H and O–H groups in total. The molecule has 0 spiro atoms. The molecular weight excluding hydrogens is 549 g/mol. The summed E-state index contributed by atoms with van der Waals surface area (Å²) in [5.41, 5.74) is 1.12. The van der Waals surface area contributed by atoms with Crippen molar-refractivity contribution in [3.8, 4) is 11.3 Å². The van der Waals surface area contributed by atoms with Gasteiger partial charge in [-0.2, -0.15) is 5.10 Å². The predicted octanol–water partition coefficient (Wildman–Crippen LogP) is 5.77. The molecule has 4 aromatic rings. The van der Waals surface area contributed by atoms with Crippen molar-refractivity contribution in [2.45, 2.75) is 26.7 Å². The summed E-state index contributed by atoms with van der Waals surface area (Å²) in [5.74, 6) is -2.48. The maximum Gasteiger partial charge on any atom is 0.409 e. The van der Waals surface area contributed by atoms with Gasteiger partial charge in [-0.3, -0.25) is 14.9 Å². The Morgan fingerprint density at radius 1 is 1.02 bits per heavy atom. The van der Waals surface area contributed by atoms with E-state index in [1.54, 1.807) is 11.0 Å². The van der Waals surface area contributed by atoms with Crippen molar-refractivity contribution in [2.75, 3.05) is 43.5 Å². The van der Waals surface area contributed by atoms with E-state index in [1.807, 2.05) is 18.7 Å². The summed E-state index contributed by atoms with van der Waals surface area (Å²) in [7, 11) is 1.32. The minimum Gasteiger partial charge on any atom is -0.453 e. The number of aromatic nitrogens is 3. The smallest absolute Gasteiger partial charge is 0.409 e. The summed E-state index contributed by atoms with van der Waals surface area (Å²) < 4.78 is 49.9. The van der Waals surface area contributed by atoms with Crippen LogP contribution in [0.1, 0.15) is 36.2 Å². The van der Waals surface area contributed by atoms with Crippen LogP contribution in [-0.4, -0.2) is 65.4 Å². The van der Waals surface area contributed by atoms with Gasteiger partial charge in [-0.15, -0.1) is 0 Å². The van der Waals surface area contributed by atoms with Crippen LogP contribution in [0.3, 0.4) is 0 Å². The maximum atomic E-state index is 15.1. The lowest BCUT2D eigenvalue weighted by molar-refractivity contribution is 0.102. The fourth-order valence-electron chi connectivity index (χ4n) is 4.95. The minimum absolute atomic E-state index is 0.0349. The van der Waals surface area contributed by atoms with E-state index in [-0.39, 0.29) is 22.6 Å². The Hall–Kier alpha value is -4.61. The van der Waals surface area contributed by atoms with Crippen LogP contribution in [0.25, 0.3) is 22.2 Å². The van der Waals surface area contributed by atoms with E-state index >= 15 is 13.2 Å². The third-order valence-electron chi connectivity index (χ3n) is 7.32. The van der Waals surface area contributed by atoms with Gasteiger partial charge in [0.15, 0.2) is 5.82 Å². The molecule has 0 saturated carbocycles. The van der Waals surface area contributed by atoms with Crippen LogP contribution in [0, 0.1) is 23.4 Å². The van der Waals surface area contributed by atoms with Gasteiger partial charge < -0.3 is 19.9 Å². The van der Waals surface area contributed by atoms with Crippen LogP contribution in [0.5, 0.6) is 0 Å². The van der Waals surface area contributed by atoms with Crippen molar-refractivity contribution < 1.29 is 27.5 Å². The first-order chi connectivity index (χ1) is 20.1. The first-order valence-corrected chi connectivity index (χ1v) is 13.7. The highest BCUT2D eigenvalue weighted by Crippen LogP contribution is 2.31. The highest BCUT2D eigenvalue weighted by molar-refractivity contribution is 6.08. The van der Waals surface area contributed by atoms with Crippen LogP contribution in [0.15, 0.2) is 42.6 Å². The molecule has 0 bridgehead atoms. The Morgan fingerprint density at radius 2 is 1.74 bits per heavy atom. The van der Waals surface area contributed by atoms with Gasteiger partial charge >= 0.3 is 6.09 Å². The number of H-pyrrole nitrogens is 1. The molecule has 0 unspecified atom stereocenters. The molecule has 0 aliphatic carbocycles. The van der Waals surface area contributed by atoms with Gasteiger partial charge in [0.1, 0.15) is 17.5 Å². The quantitative estimate of drug-likeness (QED) is 0.288. The normalized spacial score (nSPS) is 13.6. The van der Waals surface area contributed by atoms with E-state index in [1.165, 1.54) is 43.6 Å². The summed E-state index contributed by atoms with van der Waals surface area (Å²) in [4.78, 5) is 32.4. The highest BCUT2D eigenvalue weighted by Gasteiger charge is 2.24. The third-order valence-corrected chi connectivity index (χ3v) is 7.32. The van der Waals surface area contributed by atoms with Gasteiger partial charge in [0.05, 0.1) is 35.6 Å². The second-order valence-corrected chi connectivity index (χ2v) is 10.6. The van der Waals surface area contributed by atoms with Crippen molar-refractivity contribution >= 4 is 34.4 Å². The molecule has 1 aliphatic heterocycles. The van der Waals surface area contributed by atoms with E-state index in [2.05, 4.69) is 20.5 Å². The molecule has 220 valence electrons. The molecule has 42 heavy (non-hydrogen) atoms. The molecule has 0 radical (unpaired) electrons. The SMILES string of the molecule is COC(=O)N1CCN(c2ccc(C(=O)Nc3n[nH]c4cnc(-c5c(F)cc(CCC(C)C)cc5F)cc34)c(F)c2)CC1. The second kappa shape index (κ2) is 12.1. The number of hydrogen-bond donors (Lipinski definition) is 2. The summed E-state index contributed by atoms with van der Waals surface area (Å²) in [6, 6.07) is 8.33. The van der Waals surface area contributed by atoms with Gasteiger partial charge in [-0.05, 0) is 60.7 Å². The van der Waals surface area contributed by atoms with E-state index in [0.717, 1.165) is 6.42 Å². The number of anilines is 2. The number of carbonyl (C=O) groups is 2. The van der Waals surface area contributed by atoms with Crippen molar-refractivity contribution in [1.82, 2.24) is 20.1 Å². The van der Waals surface area contributed by atoms with Gasteiger partial charge in [0.2, 0.25) is 0 Å². The van der Waals surface area contributed by atoms with E-state index in [0.29, 0.717) is 60.7 Å². The van der Waals surface area contributed by atoms with Gasteiger partial charge in [0, 0.05) is 37.3 Å². The first-order valence-electron chi connectivity index (χ1n) is 13.7. The summed E-state index contributed by atoms with van der Waals surface area (Å²) in [6.07, 6.45) is 2.32. The average Bonchev–Trinajstić information content (AvgIpc) is 3.37. The van der Waals surface area contributed by atoms with Crippen molar-refractivity contribution in [3.63, 3.8) is 0 Å². The number of hydrogen-bond acceptors (Lipinski definition) is 6. The van der Waals surface area contributed by atoms with E-state index in [4.69, 9.17) is 4.74 Å². The highest BCUT2D eigenvalue weighted by atomic mass is 19.1. The number of nitrogens with zero attached hydrogens (tertiary/aromatic N) is 4. The van der Waals surface area contributed by atoms with E-state index < -0.39 is 29.5 Å². The number of aryl methyl sites for hydroxylation is 1. The summed E-state index contributed by atoms with van der Waals surface area (Å²) in [6.45, 7) is 5.91. The fourth-order valence-corrected chi connectivity index (χ4v) is 4.95. The first kappa shape index (κ1) is 28.9. The molecular formula is C30H31F3N6O3. The number of pyridine rings is 1. The molecule has 3 heterocycles. The topological polar surface area (TPSA) is 103 Å². The number of ether oxygens (including phenoxy) is 1. The number of halogens is 3. The Morgan fingerprint density at radius 3 is 2.38 bits per heavy atom. The van der Waals surface area contributed by atoms with E-state index in [9.17, 15) is 9.59 Å². The summed E-state index contributed by atoms with van der Waals surface area (Å²) in [5, 5.41) is 9.75. The van der Waals surface area contributed by atoms with Crippen molar-refractivity contribution in [1.29, 1.82) is 0 Å². The van der Waals surface area contributed by atoms with Gasteiger partial charge in [-0.1, -0.05) is 13.8 Å². The standard InChI is InChI=1S/C30H31F3N6O3/c1-17(2)4-5-18-12-23(32)27(24(33)13-18)25-15-21-26(16-34-25)36-37-28(21)35-29(40)20-7-6-19(14-22(20)31)38-8-10-39(11-9-38)30(41)42-3/h6-7,12-17H,4-5,8-11H2,1-3H3,(H2,35,36,37,40). The summed E-state index contributed by atoms with van der Waals surface area (Å²) >= 11 is 0. The lowest BCUT2D eigenvalue weighted by atomic mass is 9.99. The number of nitrogens with one attached hydrogen (secondary N) is 2. The Labute approximate surface area is 240 Å². The van der Waals surface area contributed by atoms with Crippen LogP contribution < -0.4 is 10.2 Å². The molecule has 1 saturated heterocycles. The number of piperazine rings is 1. The second-order valence-electron chi connectivity index (χ2n) is 10.6. The Kier molecular flexibility index (Phi) is 8.32. The van der Waals surface area contributed by atoms with Crippen molar-refractivity contribution in [3.05, 3.63) is 71.2 Å². The number of aromatic amines is 1. The molecule has 0 atom stereocenters. The van der Waals surface area contributed by atoms with Crippen LogP contribution in [-0.2, 0) is 11.2 Å². The maximum absolute atomic E-state index is 15.1. The molecule has 1 fully saturated rings. The molecule has 2 aromatic carbocycles. The lowest BCUT2D eigenvalue weighted by Crippen LogP contribution is -2.48. The number of benzene rings is 2. The van der Waals surface area contributed by atoms with Crippen LogP contribution in [0.2, 0.25) is 0 Å². The molecule has 5 rings (SSSR count). The van der Waals surface area contributed by atoms with Crippen molar-refractivity contribution in [2.24, 2.45) is 5.92 Å². The Bertz CT molecular complexity index is 1610. The largest absolute Gasteiger partial charge is 0.453 e. The Balaban J connectivity index is 1.33. The number of fused-ring (bicyclic) bond motifs is 1. The molecule has 2 aromatic heterocycles. The average molecular weight is 581 g/mol. The van der Waals surface area contributed by atoms with Crippen LogP contribution >= 0.6 is 0 Å². The number of methoxy groups -OCH3 is 1. The fraction of sp³-hybridized carbons (Fsp3) is 0.333. The molecule has 1 aliphatic rings. The monoisotopic (exact) mass is 580 g/mol. The van der Waals surface area contributed by atoms with Gasteiger partial charge in [0.25, 0.3) is 5.91 Å². The zero-order valence-electron chi connectivity index (χ0n) is 23.5. The number of carbonyl (C=O) groups excluding carboxylic acids is 2. The predicted molar refractivity (Wildman–Crippen MR) is 153 cm³/mol.